The molecule has 0 amide bonds. The average Bonchev–Trinajstić information content (AvgIpc) is 1.95. The highest BCUT2D eigenvalue weighted by Crippen LogP contribution is 2.18. The number of carbonyl (C=O) groups excluding carboxylic acids is 1. The number of carbonyl (C=O) groups is 1. The van der Waals surface area contributed by atoms with Crippen LogP contribution >= 0.6 is 0 Å². The first kappa shape index (κ1) is 7.32. The van der Waals surface area contributed by atoms with Crippen LogP contribution < -0.4 is 0 Å². The predicted octanol–water partition coefficient (Wildman–Crippen LogP) is 1.66. The van der Waals surface area contributed by atoms with Crippen LogP contribution in [0, 0.1) is 0 Å². The summed E-state index contributed by atoms with van der Waals surface area (Å²) in [6, 6.07) is 0. The van der Waals surface area contributed by atoms with Crippen molar-refractivity contribution in [2.45, 2.75) is 32.3 Å². The van der Waals surface area contributed by atoms with Gasteiger partial charge in [0.25, 0.3) is 6.47 Å². The zero-order valence-electron chi connectivity index (χ0n) is 6.17. The van der Waals surface area contributed by atoms with E-state index in [-0.39, 0.29) is 6.10 Å². The lowest BCUT2D eigenvalue weighted by Crippen LogP contribution is -2.14. The third-order valence-corrected chi connectivity index (χ3v) is 1.84. The largest absolute Gasteiger partial charge is 0.464 e. The molecule has 0 aromatic carbocycles. The summed E-state index contributed by atoms with van der Waals surface area (Å²) in [6.07, 6.45) is 5.23. The molecule has 1 atom stereocenters. The van der Waals surface area contributed by atoms with E-state index in [0.717, 1.165) is 19.3 Å². The summed E-state index contributed by atoms with van der Waals surface area (Å²) in [4.78, 5) is 9.91. The van der Waals surface area contributed by atoms with Crippen molar-refractivity contribution in [2.24, 2.45) is 0 Å². The van der Waals surface area contributed by atoms with Gasteiger partial charge in [0.1, 0.15) is 6.10 Å². The lowest BCUT2D eigenvalue weighted by atomic mass is 9.98. The SMILES string of the molecule is CC1=CCC(OC=O)CC1. The predicted molar refractivity (Wildman–Crippen MR) is 38.5 cm³/mol. The summed E-state index contributed by atoms with van der Waals surface area (Å²) in [5.74, 6) is 0. The first-order valence-electron chi connectivity index (χ1n) is 3.57. The van der Waals surface area contributed by atoms with Crippen LogP contribution in [0.4, 0.5) is 0 Å². The molecule has 1 aliphatic carbocycles. The summed E-state index contributed by atoms with van der Waals surface area (Å²) in [5, 5.41) is 0. The Kier molecular flexibility index (Phi) is 2.49. The summed E-state index contributed by atoms with van der Waals surface area (Å²) < 4.78 is 4.81. The quantitative estimate of drug-likeness (QED) is 0.430. The Hall–Kier alpha value is -0.790. The van der Waals surface area contributed by atoms with E-state index < -0.39 is 0 Å². The molecule has 0 N–H and O–H groups in total. The van der Waals surface area contributed by atoms with Gasteiger partial charge in [0, 0.05) is 6.42 Å². The van der Waals surface area contributed by atoms with E-state index in [1.54, 1.807) is 0 Å². The van der Waals surface area contributed by atoms with Crippen molar-refractivity contribution < 1.29 is 9.53 Å². The van der Waals surface area contributed by atoms with Crippen molar-refractivity contribution in [3.8, 4) is 0 Å². The topological polar surface area (TPSA) is 26.3 Å². The molecule has 0 bridgehead atoms. The van der Waals surface area contributed by atoms with Crippen molar-refractivity contribution in [3.05, 3.63) is 11.6 Å². The van der Waals surface area contributed by atoms with Crippen molar-refractivity contribution in [1.82, 2.24) is 0 Å². The van der Waals surface area contributed by atoms with E-state index in [1.165, 1.54) is 5.57 Å². The van der Waals surface area contributed by atoms with Crippen LogP contribution in [0.1, 0.15) is 26.2 Å². The lowest BCUT2D eigenvalue weighted by molar-refractivity contribution is -0.133. The third-order valence-electron chi connectivity index (χ3n) is 1.84. The van der Waals surface area contributed by atoms with Crippen molar-refractivity contribution in [2.75, 3.05) is 0 Å². The molecule has 1 unspecified atom stereocenters. The third kappa shape index (κ3) is 1.87. The molecule has 0 aromatic rings. The molecule has 2 nitrogen and oxygen atoms in total. The number of ether oxygens (including phenoxy) is 1. The van der Waals surface area contributed by atoms with Gasteiger partial charge in [-0.1, -0.05) is 11.6 Å². The van der Waals surface area contributed by atoms with Crippen LogP contribution in [0.15, 0.2) is 11.6 Å². The van der Waals surface area contributed by atoms with Crippen molar-refractivity contribution in [1.29, 1.82) is 0 Å². The molecule has 0 saturated heterocycles. The molecule has 0 heterocycles. The van der Waals surface area contributed by atoms with Gasteiger partial charge in [-0.2, -0.15) is 0 Å². The zero-order chi connectivity index (χ0) is 7.40. The fraction of sp³-hybridized carbons (Fsp3) is 0.625. The van der Waals surface area contributed by atoms with Crippen LogP contribution in [0.5, 0.6) is 0 Å². The molecule has 0 aromatic heterocycles. The first-order valence-corrected chi connectivity index (χ1v) is 3.57. The number of allylic oxidation sites excluding steroid dienone is 1. The normalized spacial score (nSPS) is 25.3. The summed E-state index contributed by atoms with van der Waals surface area (Å²) in [5.41, 5.74) is 1.41. The van der Waals surface area contributed by atoms with E-state index in [0.29, 0.717) is 6.47 Å². The van der Waals surface area contributed by atoms with Crippen molar-refractivity contribution in [3.63, 3.8) is 0 Å². The second-order valence-corrected chi connectivity index (χ2v) is 2.68. The highest BCUT2D eigenvalue weighted by atomic mass is 16.5. The lowest BCUT2D eigenvalue weighted by Gasteiger charge is -2.17. The van der Waals surface area contributed by atoms with Crippen LogP contribution in [0.3, 0.4) is 0 Å². The van der Waals surface area contributed by atoms with Gasteiger partial charge >= 0.3 is 0 Å². The standard InChI is InChI=1S/C8H12O2/c1-7-2-4-8(5-3-7)10-6-9/h2,6,8H,3-5H2,1H3. The minimum Gasteiger partial charge on any atom is -0.464 e. The highest BCUT2D eigenvalue weighted by Gasteiger charge is 2.11. The molecule has 0 spiro atoms. The summed E-state index contributed by atoms with van der Waals surface area (Å²) >= 11 is 0. The molecule has 10 heavy (non-hydrogen) atoms. The second kappa shape index (κ2) is 3.40. The van der Waals surface area contributed by atoms with Gasteiger partial charge in [0.05, 0.1) is 0 Å². The van der Waals surface area contributed by atoms with Gasteiger partial charge in [0.2, 0.25) is 0 Å². The summed E-state index contributed by atoms with van der Waals surface area (Å²) in [7, 11) is 0. The van der Waals surface area contributed by atoms with E-state index in [2.05, 4.69) is 13.0 Å². The minimum absolute atomic E-state index is 0.140. The average molecular weight is 140 g/mol. The number of hydrogen-bond donors (Lipinski definition) is 0. The maximum absolute atomic E-state index is 9.91. The van der Waals surface area contributed by atoms with Gasteiger partial charge in [0.15, 0.2) is 0 Å². The fourth-order valence-corrected chi connectivity index (χ4v) is 1.14. The number of rotatable bonds is 2. The first-order chi connectivity index (χ1) is 4.83. The van der Waals surface area contributed by atoms with Gasteiger partial charge in [-0.25, -0.2) is 0 Å². The monoisotopic (exact) mass is 140 g/mol. The van der Waals surface area contributed by atoms with Gasteiger partial charge in [-0.15, -0.1) is 0 Å². The number of hydrogen-bond acceptors (Lipinski definition) is 2. The molecule has 2 heteroatoms. The second-order valence-electron chi connectivity index (χ2n) is 2.68. The fourth-order valence-electron chi connectivity index (χ4n) is 1.14. The van der Waals surface area contributed by atoms with E-state index in [1.807, 2.05) is 0 Å². The van der Waals surface area contributed by atoms with Crippen LogP contribution in [-0.4, -0.2) is 12.6 Å². The van der Waals surface area contributed by atoms with Gasteiger partial charge in [-0.05, 0) is 19.8 Å². The molecule has 0 aliphatic heterocycles. The smallest absolute Gasteiger partial charge is 0.293 e. The van der Waals surface area contributed by atoms with E-state index >= 15 is 0 Å². The van der Waals surface area contributed by atoms with Crippen molar-refractivity contribution >= 4 is 6.47 Å². The maximum Gasteiger partial charge on any atom is 0.293 e. The molecule has 0 saturated carbocycles. The molecule has 0 radical (unpaired) electrons. The Bertz CT molecular complexity index is 149. The Morgan fingerprint density at radius 3 is 3.10 bits per heavy atom. The maximum atomic E-state index is 9.91. The Morgan fingerprint density at radius 1 is 1.80 bits per heavy atom. The van der Waals surface area contributed by atoms with Crippen LogP contribution in [-0.2, 0) is 9.53 Å². The Balaban J connectivity index is 2.34. The molecular formula is C8H12O2. The minimum atomic E-state index is 0.140. The van der Waals surface area contributed by atoms with Gasteiger partial charge in [-0.3, -0.25) is 4.79 Å². The molecule has 56 valence electrons. The molecule has 1 rings (SSSR count). The van der Waals surface area contributed by atoms with E-state index in [4.69, 9.17) is 4.74 Å². The zero-order valence-corrected chi connectivity index (χ0v) is 6.17. The van der Waals surface area contributed by atoms with Crippen LogP contribution in [0.25, 0.3) is 0 Å². The van der Waals surface area contributed by atoms with E-state index in [9.17, 15) is 4.79 Å². The highest BCUT2D eigenvalue weighted by molar-refractivity contribution is 5.37. The Morgan fingerprint density at radius 2 is 2.60 bits per heavy atom. The Labute approximate surface area is 60.9 Å². The van der Waals surface area contributed by atoms with Crippen LogP contribution in [0.2, 0.25) is 0 Å². The van der Waals surface area contributed by atoms with Gasteiger partial charge < -0.3 is 4.74 Å². The molecule has 1 aliphatic rings. The molecule has 0 fully saturated rings. The summed E-state index contributed by atoms with van der Waals surface area (Å²) in [6.45, 7) is 2.65. The molecular weight excluding hydrogens is 128 g/mol.